The zero-order chi connectivity index (χ0) is 14.4. The summed E-state index contributed by atoms with van der Waals surface area (Å²) in [4.78, 5) is 6.61. The van der Waals surface area contributed by atoms with Gasteiger partial charge in [0.05, 0.1) is 17.2 Å². The van der Waals surface area contributed by atoms with Crippen molar-refractivity contribution in [2.45, 2.75) is 39.3 Å². The zero-order valence-corrected chi connectivity index (χ0v) is 12.9. The fourth-order valence-electron chi connectivity index (χ4n) is 3.32. The highest BCUT2D eigenvalue weighted by atomic mass is 35.5. The van der Waals surface area contributed by atoms with Gasteiger partial charge in [-0.1, -0.05) is 25.4 Å². The van der Waals surface area contributed by atoms with Gasteiger partial charge in [0, 0.05) is 18.3 Å². The Kier molecular flexibility index (Phi) is 3.55. The molecule has 1 N–H and O–H groups in total. The molecule has 3 rings (SSSR count). The van der Waals surface area contributed by atoms with E-state index < -0.39 is 0 Å². The number of nitrogens with zero attached hydrogens (tertiary/aromatic N) is 2. The number of fused-ring (bicyclic) bond motifs is 3. The van der Waals surface area contributed by atoms with Crippen molar-refractivity contribution in [2.24, 2.45) is 11.8 Å². The van der Waals surface area contributed by atoms with Gasteiger partial charge in [0.2, 0.25) is 0 Å². The lowest BCUT2D eigenvalue weighted by atomic mass is 9.80. The molecule has 110 valence electrons. The number of hydrogen-bond donors (Lipinski definition) is 1. The lowest BCUT2D eigenvalue weighted by Crippen LogP contribution is -2.55. The Morgan fingerprint density at radius 2 is 2.25 bits per heavy atom. The fraction of sp³-hybridized carbons (Fsp3) is 0.667. The largest absolute Gasteiger partial charge is 0.487 e. The number of halogens is 1. The summed E-state index contributed by atoms with van der Waals surface area (Å²) in [6.45, 7) is 7.55. The van der Waals surface area contributed by atoms with E-state index in [1.807, 2.05) is 6.92 Å². The van der Waals surface area contributed by atoms with E-state index in [9.17, 15) is 5.11 Å². The minimum absolute atomic E-state index is 0.298. The maximum atomic E-state index is 10.4. The van der Waals surface area contributed by atoms with E-state index >= 15 is 0 Å². The molecular weight excluding hydrogens is 276 g/mol. The summed E-state index contributed by atoms with van der Waals surface area (Å²) in [7, 11) is 0. The Morgan fingerprint density at radius 3 is 2.95 bits per heavy atom. The number of anilines is 1. The molecule has 0 aliphatic carbocycles. The van der Waals surface area contributed by atoms with Crippen molar-refractivity contribution in [1.82, 2.24) is 4.98 Å². The molecule has 2 aliphatic rings. The van der Waals surface area contributed by atoms with Gasteiger partial charge in [0.1, 0.15) is 6.61 Å². The van der Waals surface area contributed by atoms with Gasteiger partial charge in [-0.05, 0) is 25.2 Å². The predicted molar refractivity (Wildman–Crippen MR) is 79.6 cm³/mol. The van der Waals surface area contributed by atoms with E-state index in [-0.39, 0.29) is 6.10 Å². The van der Waals surface area contributed by atoms with Crippen molar-refractivity contribution in [3.8, 4) is 5.75 Å². The molecule has 2 aliphatic heterocycles. The maximum absolute atomic E-state index is 10.4. The molecule has 3 unspecified atom stereocenters. The fourth-order valence-corrected chi connectivity index (χ4v) is 3.46. The first-order valence-electron chi connectivity index (χ1n) is 7.21. The Hall–Kier alpha value is -1.00. The quantitative estimate of drug-likeness (QED) is 0.865. The molecule has 0 bridgehead atoms. The second kappa shape index (κ2) is 5.08. The molecule has 0 radical (unpaired) electrons. The van der Waals surface area contributed by atoms with Crippen molar-refractivity contribution in [2.75, 3.05) is 18.1 Å². The summed E-state index contributed by atoms with van der Waals surface area (Å²) in [5.74, 6) is 2.40. The number of aliphatic hydroxyl groups is 1. The minimum Gasteiger partial charge on any atom is -0.487 e. The Balaban J connectivity index is 1.93. The standard InChI is InChI=1S/C15H21ClN2O2/c1-8(2)11-4-10-7-20-14-9(3)12(16)5-17-15(14)18(10)6-13(11)19/h5,8,10-11,13,19H,4,6-7H2,1-3H3. The third-order valence-electron chi connectivity index (χ3n) is 4.61. The lowest BCUT2D eigenvalue weighted by molar-refractivity contribution is 0.0428. The van der Waals surface area contributed by atoms with Crippen molar-refractivity contribution in [1.29, 1.82) is 0 Å². The number of aliphatic hydroxyl groups excluding tert-OH is 1. The Bertz CT molecular complexity index is 521. The number of rotatable bonds is 1. The number of piperidine rings is 1. The molecule has 3 heterocycles. The van der Waals surface area contributed by atoms with Crippen LogP contribution in [0.1, 0.15) is 25.8 Å². The zero-order valence-electron chi connectivity index (χ0n) is 12.1. The first-order valence-corrected chi connectivity index (χ1v) is 7.59. The van der Waals surface area contributed by atoms with Crippen molar-refractivity contribution < 1.29 is 9.84 Å². The van der Waals surface area contributed by atoms with Crippen LogP contribution < -0.4 is 9.64 Å². The van der Waals surface area contributed by atoms with E-state index in [4.69, 9.17) is 16.3 Å². The monoisotopic (exact) mass is 296 g/mol. The molecular formula is C15H21ClN2O2. The molecule has 5 heteroatoms. The SMILES string of the molecule is Cc1c(Cl)cnc2c1OCC1CC(C(C)C)C(O)CN21. The van der Waals surface area contributed by atoms with E-state index in [1.54, 1.807) is 6.20 Å². The Labute approximate surface area is 124 Å². The van der Waals surface area contributed by atoms with Gasteiger partial charge < -0.3 is 14.7 Å². The van der Waals surface area contributed by atoms with Crippen LogP contribution in [0.15, 0.2) is 6.20 Å². The lowest BCUT2D eigenvalue weighted by Gasteiger charge is -2.46. The molecule has 1 fully saturated rings. The smallest absolute Gasteiger partial charge is 0.172 e. The second-order valence-electron chi connectivity index (χ2n) is 6.21. The van der Waals surface area contributed by atoms with Crippen LogP contribution in [0.25, 0.3) is 0 Å². The van der Waals surface area contributed by atoms with E-state index in [1.165, 1.54) is 0 Å². The van der Waals surface area contributed by atoms with E-state index in [2.05, 4.69) is 23.7 Å². The highest BCUT2D eigenvalue weighted by Gasteiger charge is 2.40. The van der Waals surface area contributed by atoms with Crippen LogP contribution in [-0.2, 0) is 0 Å². The number of hydrogen-bond acceptors (Lipinski definition) is 4. The molecule has 0 aromatic carbocycles. The summed E-state index contributed by atoms with van der Waals surface area (Å²) in [5.41, 5.74) is 0.926. The number of pyridine rings is 1. The van der Waals surface area contributed by atoms with Crippen molar-refractivity contribution >= 4 is 17.4 Å². The molecule has 3 atom stereocenters. The van der Waals surface area contributed by atoms with Crippen molar-refractivity contribution in [3.05, 3.63) is 16.8 Å². The van der Waals surface area contributed by atoms with Crippen LogP contribution in [0, 0.1) is 18.8 Å². The molecule has 20 heavy (non-hydrogen) atoms. The van der Waals surface area contributed by atoms with Crippen LogP contribution in [0.4, 0.5) is 5.82 Å². The van der Waals surface area contributed by atoms with Gasteiger partial charge >= 0.3 is 0 Å². The second-order valence-corrected chi connectivity index (χ2v) is 6.62. The summed E-state index contributed by atoms with van der Waals surface area (Å²) in [6, 6.07) is 0.298. The molecule has 1 saturated heterocycles. The first-order chi connectivity index (χ1) is 9.49. The molecule has 0 amide bonds. The van der Waals surface area contributed by atoms with Crippen LogP contribution >= 0.6 is 11.6 Å². The van der Waals surface area contributed by atoms with Crippen LogP contribution in [0.3, 0.4) is 0 Å². The Morgan fingerprint density at radius 1 is 1.50 bits per heavy atom. The van der Waals surface area contributed by atoms with Crippen LogP contribution in [0.2, 0.25) is 5.02 Å². The molecule has 4 nitrogen and oxygen atoms in total. The summed E-state index contributed by atoms with van der Waals surface area (Å²) < 4.78 is 5.90. The minimum atomic E-state index is -0.310. The summed E-state index contributed by atoms with van der Waals surface area (Å²) in [6.07, 6.45) is 2.30. The van der Waals surface area contributed by atoms with Gasteiger partial charge in [0.25, 0.3) is 0 Å². The average Bonchev–Trinajstić information content (AvgIpc) is 2.41. The third-order valence-corrected chi connectivity index (χ3v) is 4.99. The van der Waals surface area contributed by atoms with Crippen molar-refractivity contribution in [3.63, 3.8) is 0 Å². The predicted octanol–water partition coefficient (Wildman–Crippen LogP) is 2.65. The number of aromatic nitrogens is 1. The molecule has 1 aromatic rings. The average molecular weight is 297 g/mol. The van der Waals surface area contributed by atoms with Gasteiger partial charge in [-0.2, -0.15) is 0 Å². The van der Waals surface area contributed by atoms with Gasteiger partial charge in [0.15, 0.2) is 11.6 Å². The normalized spacial score (nSPS) is 28.9. The van der Waals surface area contributed by atoms with Crippen LogP contribution in [-0.4, -0.2) is 35.4 Å². The third kappa shape index (κ3) is 2.15. The maximum Gasteiger partial charge on any atom is 0.172 e. The van der Waals surface area contributed by atoms with Gasteiger partial charge in [-0.25, -0.2) is 4.98 Å². The molecule has 1 aromatic heterocycles. The number of ether oxygens (including phenoxy) is 1. The van der Waals surface area contributed by atoms with Crippen LogP contribution in [0.5, 0.6) is 5.75 Å². The summed E-state index contributed by atoms with van der Waals surface area (Å²) in [5, 5.41) is 11.0. The summed E-state index contributed by atoms with van der Waals surface area (Å²) >= 11 is 6.10. The van der Waals surface area contributed by atoms with Gasteiger partial charge in [-0.15, -0.1) is 0 Å². The van der Waals surface area contributed by atoms with E-state index in [0.717, 1.165) is 23.6 Å². The highest BCUT2D eigenvalue weighted by molar-refractivity contribution is 6.31. The first kappa shape index (κ1) is 14.0. The van der Waals surface area contributed by atoms with E-state index in [0.29, 0.717) is 36.1 Å². The highest BCUT2D eigenvalue weighted by Crippen LogP contribution is 2.42. The van der Waals surface area contributed by atoms with Gasteiger partial charge in [-0.3, -0.25) is 0 Å². The molecule has 0 spiro atoms. The molecule has 0 saturated carbocycles. The topological polar surface area (TPSA) is 45.6 Å².